The Morgan fingerprint density at radius 3 is 2.67 bits per heavy atom. The minimum absolute atomic E-state index is 0. The normalized spacial score (nSPS) is 11.0. The standard InChI is InChI=1S/C19H24ClFN4O.HI/c1-3-22-19(23-9-8-14-5-7-18(20)24-11-14)25-12-15-4-6-17(21)16(10-15)13-26-2;/h4-7,10-11H,3,8-9,12-13H2,1-2H3,(H2,22,23,25);1H. The first kappa shape index (κ1) is 23.6. The maximum Gasteiger partial charge on any atom is 0.191 e. The number of halogens is 3. The molecule has 1 aromatic heterocycles. The number of aliphatic imine (C=N–C) groups is 1. The molecule has 0 bridgehead atoms. The molecule has 5 nitrogen and oxygen atoms in total. The number of methoxy groups -OCH3 is 1. The first-order valence-electron chi connectivity index (χ1n) is 8.51. The minimum atomic E-state index is -0.263. The van der Waals surface area contributed by atoms with Crippen LogP contribution >= 0.6 is 35.6 Å². The Morgan fingerprint density at radius 2 is 2.00 bits per heavy atom. The van der Waals surface area contributed by atoms with Crippen molar-refractivity contribution >= 4 is 41.5 Å². The highest BCUT2D eigenvalue weighted by molar-refractivity contribution is 14.0. The van der Waals surface area contributed by atoms with Gasteiger partial charge in [-0.3, -0.25) is 0 Å². The number of pyridine rings is 1. The van der Waals surface area contributed by atoms with Crippen molar-refractivity contribution in [2.45, 2.75) is 26.5 Å². The fourth-order valence-corrected chi connectivity index (χ4v) is 2.50. The van der Waals surface area contributed by atoms with Gasteiger partial charge in [0.1, 0.15) is 11.0 Å². The molecule has 1 heterocycles. The highest BCUT2D eigenvalue weighted by atomic mass is 127. The number of benzene rings is 1. The molecule has 2 aromatic rings. The zero-order valence-corrected chi connectivity index (χ0v) is 18.6. The fraction of sp³-hybridized carbons (Fsp3) is 0.368. The van der Waals surface area contributed by atoms with E-state index in [1.165, 1.54) is 6.07 Å². The van der Waals surface area contributed by atoms with E-state index in [-0.39, 0.29) is 36.4 Å². The molecule has 0 radical (unpaired) electrons. The average molecular weight is 507 g/mol. The van der Waals surface area contributed by atoms with Gasteiger partial charge in [0.05, 0.1) is 13.2 Å². The van der Waals surface area contributed by atoms with Gasteiger partial charge in [-0.2, -0.15) is 0 Å². The van der Waals surface area contributed by atoms with Crippen molar-refractivity contribution in [2.75, 3.05) is 20.2 Å². The summed E-state index contributed by atoms with van der Waals surface area (Å²) in [7, 11) is 1.55. The summed E-state index contributed by atoms with van der Waals surface area (Å²) in [5, 5.41) is 6.98. The molecule has 0 saturated heterocycles. The second-order valence-electron chi connectivity index (χ2n) is 5.72. The van der Waals surface area contributed by atoms with Crippen molar-refractivity contribution in [1.82, 2.24) is 15.6 Å². The van der Waals surface area contributed by atoms with Crippen molar-refractivity contribution in [3.63, 3.8) is 0 Å². The summed E-state index contributed by atoms with van der Waals surface area (Å²) >= 11 is 5.79. The summed E-state index contributed by atoms with van der Waals surface area (Å²) in [5.41, 5.74) is 2.56. The van der Waals surface area contributed by atoms with Crippen LogP contribution in [0.5, 0.6) is 0 Å². The van der Waals surface area contributed by atoms with Crippen LogP contribution in [-0.2, 0) is 24.3 Å². The van der Waals surface area contributed by atoms with Gasteiger partial charge in [0.25, 0.3) is 0 Å². The predicted octanol–water partition coefficient (Wildman–Crippen LogP) is 3.94. The number of aromatic nitrogens is 1. The summed E-state index contributed by atoms with van der Waals surface area (Å²) in [6.07, 6.45) is 2.58. The zero-order chi connectivity index (χ0) is 18.8. The number of guanidine groups is 1. The SMILES string of the molecule is CCNC(=NCc1ccc(F)c(COC)c1)NCCc1ccc(Cl)nc1.I. The molecule has 148 valence electrons. The van der Waals surface area contributed by atoms with Crippen molar-refractivity contribution in [3.8, 4) is 0 Å². The van der Waals surface area contributed by atoms with Crippen LogP contribution in [0, 0.1) is 5.82 Å². The van der Waals surface area contributed by atoms with E-state index in [0.29, 0.717) is 29.8 Å². The Kier molecular flexibility index (Phi) is 11.2. The predicted molar refractivity (Wildman–Crippen MR) is 118 cm³/mol. The molecule has 0 unspecified atom stereocenters. The monoisotopic (exact) mass is 506 g/mol. The molecule has 1 aromatic carbocycles. The van der Waals surface area contributed by atoms with E-state index in [1.807, 2.05) is 13.0 Å². The third kappa shape index (κ3) is 8.40. The van der Waals surface area contributed by atoms with Crippen LogP contribution < -0.4 is 10.6 Å². The van der Waals surface area contributed by atoms with Gasteiger partial charge in [0, 0.05) is 32.0 Å². The van der Waals surface area contributed by atoms with E-state index in [0.717, 1.165) is 24.1 Å². The van der Waals surface area contributed by atoms with Gasteiger partial charge in [-0.25, -0.2) is 14.4 Å². The molecule has 2 rings (SSSR count). The smallest absolute Gasteiger partial charge is 0.191 e. The van der Waals surface area contributed by atoms with Crippen LogP contribution in [0.25, 0.3) is 0 Å². The van der Waals surface area contributed by atoms with Gasteiger partial charge >= 0.3 is 0 Å². The van der Waals surface area contributed by atoms with E-state index in [9.17, 15) is 4.39 Å². The van der Waals surface area contributed by atoms with Crippen LogP contribution in [0.15, 0.2) is 41.5 Å². The number of nitrogens with one attached hydrogen (secondary N) is 2. The van der Waals surface area contributed by atoms with Crippen LogP contribution in [0.3, 0.4) is 0 Å². The van der Waals surface area contributed by atoms with Gasteiger partial charge in [-0.05, 0) is 42.7 Å². The summed E-state index contributed by atoms with van der Waals surface area (Å²) in [5.74, 6) is 0.452. The van der Waals surface area contributed by atoms with Crippen molar-refractivity contribution in [1.29, 1.82) is 0 Å². The van der Waals surface area contributed by atoms with Gasteiger partial charge in [0.2, 0.25) is 0 Å². The highest BCUT2D eigenvalue weighted by Crippen LogP contribution is 2.12. The lowest BCUT2D eigenvalue weighted by Gasteiger charge is -2.11. The van der Waals surface area contributed by atoms with E-state index < -0.39 is 0 Å². The van der Waals surface area contributed by atoms with Gasteiger partial charge in [-0.15, -0.1) is 24.0 Å². The van der Waals surface area contributed by atoms with E-state index in [1.54, 1.807) is 31.5 Å². The lowest BCUT2D eigenvalue weighted by molar-refractivity contribution is 0.181. The van der Waals surface area contributed by atoms with E-state index >= 15 is 0 Å². The third-order valence-corrected chi connectivity index (χ3v) is 3.89. The molecule has 27 heavy (non-hydrogen) atoms. The van der Waals surface area contributed by atoms with E-state index in [2.05, 4.69) is 20.6 Å². The molecule has 8 heteroatoms. The molecular formula is C19H25ClFIN4O. The molecule has 0 aliphatic heterocycles. The summed E-state index contributed by atoms with van der Waals surface area (Å²) in [6.45, 7) is 4.18. The second-order valence-corrected chi connectivity index (χ2v) is 6.11. The summed E-state index contributed by atoms with van der Waals surface area (Å²) in [4.78, 5) is 8.62. The highest BCUT2D eigenvalue weighted by Gasteiger charge is 2.04. The first-order valence-corrected chi connectivity index (χ1v) is 8.89. The Labute approximate surface area is 181 Å². The summed E-state index contributed by atoms with van der Waals surface area (Å²) in [6, 6.07) is 8.71. The van der Waals surface area contributed by atoms with Crippen molar-refractivity contribution in [2.24, 2.45) is 4.99 Å². The molecule has 0 saturated carbocycles. The van der Waals surface area contributed by atoms with Crippen LogP contribution in [0.1, 0.15) is 23.6 Å². The van der Waals surface area contributed by atoms with Gasteiger partial charge < -0.3 is 15.4 Å². The third-order valence-electron chi connectivity index (χ3n) is 3.67. The minimum Gasteiger partial charge on any atom is -0.380 e. The average Bonchev–Trinajstić information content (AvgIpc) is 2.64. The number of hydrogen-bond donors (Lipinski definition) is 2. The second kappa shape index (κ2) is 12.9. The molecule has 0 aliphatic rings. The summed E-state index contributed by atoms with van der Waals surface area (Å²) < 4.78 is 18.7. The number of rotatable bonds is 8. The maximum atomic E-state index is 13.7. The maximum absolute atomic E-state index is 13.7. The van der Waals surface area contributed by atoms with Crippen LogP contribution in [-0.4, -0.2) is 31.1 Å². The Bertz CT molecular complexity index is 728. The zero-order valence-electron chi connectivity index (χ0n) is 15.5. The largest absolute Gasteiger partial charge is 0.380 e. The molecule has 0 spiro atoms. The molecule has 2 N–H and O–H groups in total. The fourth-order valence-electron chi connectivity index (χ4n) is 2.38. The molecule has 0 amide bonds. The molecule has 0 aliphatic carbocycles. The number of ether oxygens (including phenoxy) is 1. The quantitative estimate of drug-likeness (QED) is 0.246. The Hall–Kier alpha value is -1.45. The van der Waals surface area contributed by atoms with E-state index in [4.69, 9.17) is 16.3 Å². The Morgan fingerprint density at radius 1 is 1.22 bits per heavy atom. The number of nitrogens with zero attached hydrogens (tertiary/aromatic N) is 2. The topological polar surface area (TPSA) is 58.5 Å². The van der Waals surface area contributed by atoms with Crippen molar-refractivity contribution in [3.05, 3.63) is 64.2 Å². The van der Waals surface area contributed by atoms with Gasteiger partial charge in [0.15, 0.2) is 5.96 Å². The number of hydrogen-bond acceptors (Lipinski definition) is 3. The molecule has 0 fully saturated rings. The van der Waals surface area contributed by atoms with Gasteiger partial charge in [-0.1, -0.05) is 23.7 Å². The van der Waals surface area contributed by atoms with Crippen LogP contribution in [0.2, 0.25) is 5.15 Å². The lowest BCUT2D eigenvalue weighted by Crippen LogP contribution is -2.38. The molecule has 0 atom stereocenters. The first-order chi connectivity index (χ1) is 12.6. The lowest BCUT2D eigenvalue weighted by atomic mass is 10.1. The van der Waals surface area contributed by atoms with Crippen LogP contribution in [0.4, 0.5) is 4.39 Å². The van der Waals surface area contributed by atoms with Crippen molar-refractivity contribution < 1.29 is 9.13 Å². The molecular weight excluding hydrogens is 482 g/mol. The Balaban J connectivity index is 0.00000364.